The molecule has 1 amide bonds. The second kappa shape index (κ2) is 6.03. The van der Waals surface area contributed by atoms with Gasteiger partial charge in [0, 0.05) is 36.1 Å². The summed E-state index contributed by atoms with van der Waals surface area (Å²) in [6.07, 6.45) is 4.89. The highest BCUT2D eigenvalue weighted by Crippen LogP contribution is 2.53. The van der Waals surface area contributed by atoms with Gasteiger partial charge in [-0.15, -0.1) is 0 Å². The van der Waals surface area contributed by atoms with Crippen LogP contribution in [0.4, 0.5) is 0 Å². The molecule has 0 bridgehead atoms. The van der Waals surface area contributed by atoms with Gasteiger partial charge in [0.05, 0.1) is 7.11 Å². The van der Waals surface area contributed by atoms with E-state index in [1.165, 1.54) is 11.2 Å². The molecule has 1 aromatic heterocycles. The molecule has 0 saturated heterocycles. The highest BCUT2D eigenvalue weighted by Gasteiger charge is 2.54. The number of guanidine groups is 1. The molecule has 0 saturated carbocycles. The number of nitrogens with zero attached hydrogens (tertiary/aromatic N) is 4. The van der Waals surface area contributed by atoms with Gasteiger partial charge in [0.15, 0.2) is 5.96 Å². The minimum atomic E-state index is -1.35. The minimum absolute atomic E-state index is 0.144. The van der Waals surface area contributed by atoms with Gasteiger partial charge < -0.3 is 15.2 Å². The lowest BCUT2D eigenvalue weighted by atomic mass is 9.79. The number of amides is 1. The van der Waals surface area contributed by atoms with Crippen molar-refractivity contribution in [2.24, 2.45) is 10.7 Å². The summed E-state index contributed by atoms with van der Waals surface area (Å²) < 4.78 is 11.5. The van der Waals surface area contributed by atoms with Crippen LogP contribution in [0.25, 0.3) is 11.1 Å². The maximum Gasteiger partial charge on any atom is 0.266 e. The third-order valence-electron chi connectivity index (χ3n) is 5.30. The average Bonchev–Trinajstić information content (AvgIpc) is 2.99. The molecule has 8 nitrogen and oxygen atoms in total. The first-order valence-electron chi connectivity index (χ1n) is 8.94. The quantitative estimate of drug-likeness (QED) is 0.724. The van der Waals surface area contributed by atoms with E-state index in [-0.39, 0.29) is 11.9 Å². The van der Waals surface area contributed by atoms with Gasteiger partial charge in [-0.2, -0.15) is 0 Å². The summed E-state index contributed by atoms with van der Waals surface area (Å²) >= 11 is 0. The third-order valence-corrected chi connectivity index (χ3v) is 5.30. The molecule has 144 valence electrons. The lowest BCUT2D eigenvalue weighted by Crippen LogP contribution is -2.42. The van der Waals surface area contributed by atoms with Crippen LogP contribution in [0.15, 0.2) is 60.1 Å². The molecule has 3 aromatic rings. The Labute approximate surface area is 166 Å². The van der Waals surface area contributed by atoms with Gasteiger partial charge in [-0.1, -0.05) is 6.07 Å². The second-order valence-corrected chi connectivity index (χ2v) is 6.85. The molecule has 2 aliphatic heterocycles. The number of carbonyl (C=O) groups is 1. The minimum Gasteiger partial charge on any atom is -0.497 e. The van der Waals surface area contributed by atoms with Crippen LogP contribution >= 0.6 is 0 Å². The van der Waals surface area contributed by atoms with Crippen LogP contribution in [0, 0.1) is 0 Å². The number of carbonyl (C=O) groups excluding carboxylic acids is 1. The lowest BCUT2D eigenvalue weighted by molar-refractivity contribution is -0.129. The van der Waals surface area contributed by atoms with Gasteiger partial charge in [0.2, 0.25) is 5.54 Å². The normalized spacial score (nSPS) is 19.4. The first-order chi connectivity index (χ1) is 14.0. The van der Waals surface area contributed by atoms with Crippen LogP contribution in [0.5, 0.6) is 17.2 Å². The topological polar surface area (TPSA) is 103 Å². The van der Waals surface area contributed by atoms with Crippen molar-refractivity contribution in [3.8, 4) is 28.4 Å². The predicted molar refractivity (Wildman–Crippen MR) is 106 cm³/mol. The summed E-state index contributed by atoms with van der Waals surface area (Å²) in [6.45, 7) is 0. The lowest BCUT2D eigenvalue weighted by Gasteiger charge is -2.34. The zero-order valence-corrected chi connectivity index (χ0v) is 15.8. The van der Waals surface area contributed by atoms with E-state index >= 15 is 0 Å². The van der Waals surface area contributed by atoms with E-state index in [1.54, 1.807) is 44.8 Å². The van der Waals surface area contributed by atoms with E-state index in [4.69, 9.17) is 15.2 Å². The van der Waals surface area contributed by atoms with Crippen molar-refractivity contribution in [2.45, 2.75) is 5.54 Å². The fourth-order valence-electron chi connectivity index (χ4n) is 3.79. The Balaban J connectivity index is 1.80. The van der Waals surface area contributed by atoms with Crippen LogP contribution in [0.1, 0.15) is 11.1 Å². The maximum absolute atomic E-state index is 13.5. The maximum atomic E-state index is 13.5. The van der Waals surface area contributed by atoms with Crippen molar-refractivity contribution >= 4 is 11.9 Å². The molecular weight excluding hydrogens is 370 g/mol. The zero-order valence-electron chi connectivity index (χ0n) is 15.8. The molecule has 8 heteroatoms. The molecule has 0 fully saturated rings. The zero-order chi connectivity index (χ0) is 20.2. The van der Waals surface area contributed by atoms with E-state index in [0.717, 1.165) is 11.1 Å². The molecule has 29 heavy (non-hydrogen) atoms. The van der Waals surface area contributed by atoms with Crippen molar-refractivity contribution in [1.29, 1.82) is 0 Å². The second-order valence-electron chi connectivity index (χ2n) is 6.85. The monoisotopic (exact) mass is 387 g/mol. The molecular formula is C21H17N5O3. The predicted octanol–water partition coefficient (Wildman–Crippen LogP) is 2.29. The van der Waals surface area contributed by atoms with Gasteiger partial charge in [0.25, 0.3) is 5.91 Å². The molecule has 2 aliphatic rings. The first-order valence-corrected chi connectivity index (χ1v) is 8.94. The summed E-state index contributed by atoms with van der Waals surface area (Å²) in [7, 11) is 3.18. The highest BCUT2D eigenvalue weighted by molar-refractivity contribution is 6.10. The Bertz CT molecular complexity index is 1180. The summed E-state index contributed by atoms with van der Waals surface area (Å²) in [5.41, 5.74) is 7.58. The number of ether oxygens (including phenoxy) is 2. The standard InChI is InChI=1S/C21H17N5O3/c1-26-19(27)21(25-20(26)22)15-7-12(13-9-23-11-24-10-13)3-5-17(15)29-18-6-4-14(28-2)8-16(18)21/h3-11H,1-2H3,(H2,22,25). The number of nitrogens with two attached hydrogens (primary N) is 1. The Morgan fingerprint density at radius 1 is 1.03 bits per heavy atom. The molecule has 5 rings (SSSR count). The third kappa shape index (κ3) is 2.32. The fourth-order valence-corrected chi connectivity index (χ4v) is 3.79. The van der Waals surface area contributed by atoms with E-state index in [0.29, 0.717) is 28.4 Å². The highest BCUT2D eigenvalue weighted by atomic mass is 16.5. The van der Waals surface area contributed by atoms with Gasteiger partial charge in [-0.25, -0.2) is 15.0 Å². The Morgan fingerprint density at radius 3 is 2.38 bits per heavy atom. The largest absolute Gasteiger partial charge is 0.497 e. The number of hydrogen-bond acceptors (Lipinski definition) is 7. The van der Waals surface area contributed by atoms with E-state index in [1.807, 2.05) is 18.2 Å². The van der Waals surface area contributed by atoms with Crippen molar-refractivity contribution in [1.82, 2.24) is 14.9 Å². The van der Waals surface area contributed by atoms with Crippen molar-refractivity contribution in [3.63, 3.8) is 0 Å². The molecule has 0 aliphatic carbocycles. The van der Waals surface area contributed by atoms with E-state index in [2.05, 4.69) is 15.0 Å². The number of likely N-dealkylation sites (N-methyl/N-ethyl adjacent to an activating group) is 1. The molecule has 2 N–H and O–H groups in total. The van der Waals surface area contributed by atoms with E-state index < -0.39 is 5.54 Å². The van der Waals surface area contributed by atoms with E-state index in [9.17, 15) is 4.79 Å². The van der Waals surface area contributed by atoms with Gasteiger partial charge in [0.1, 0.15) is 23.6 Å². The number of methoxy groups -OCH3 is 1. The number of fused-ring (bicyclic) bond motifs is 4. The Kier molecular flexibility index (Phi) is 3.57. The molecule has 0 radical (unpaired) electrons. The number of hydrogen-bond donors (Lipinski definition) is 1. The summed E-state index contributed by atoms with van der Waals surface area (Å²) in [5, 5.41) is 0. The molecule has 1 spiro atoms. The number of aromatic nitrogens is 2. The van der Waals surface area contributed by atoms with Gasteiger partial charge in [-0.3, -0.25) is 9.69 Å². The fraction of sp³-hybridized carbons (Fsp3) is 0.143. The van der Waals surface area contributed by atoms with Gasteiger partial charge in [-0.05, 0) is 35.9 Å². The van der Waals surface area contributed by atoms with Crippen LogP contribution < -0.4 is 15.2 Å². The molecule has 1 atom stereocenters. The summed E-state index contributed by atoms with van der Waals surface area (Å²) in [5.74, 6) is 1.57. The molecule has 1 unspecified atom stereocenters. The van der Waals surface area contributed by atoms with Crippen molar-refractivity contribution < 1.29 is 14.3 Å². The molecule has 2 aromatic carbocycles. The Hall–Kier alpha value is -3.94. The summed E-state index contributed by atoms with van der Waals surface area (Å²) in [4.78, 5) is 27.6. The smallest absolute Gasteiger partial charge is 0.266 e. The van der Waals surface area contributed by atoms with Crippen molar-refractivity contribution in [3.05, 3.63) is 66.2 Å². The first kappa shape index (κ1) is 17.2. The van der Waals surface area contributed by atoms with Crippen LogP contribution in [-0.2, 0) is 10.3 Å². The summed E-state index contributed by atoms with van der Waals surface area (Å²) in [6, 6.07) is 10.9. The number of rotatable bonds is 2. The van der Waals surface area contributed by atoms with Crippen LogP contribution in [0.3, 0.4) is 0 Å². The SMILES string of the molecule is COc1ccc2c(c1)C1(N=C(N)N(C)C1=O)c1cc(-c3cncnc3)ccc1O2. The number of aliphatic imine (C=N–C) groups is 1. The number of benzene rings is 2. The Morgan fingerprint density at radius 2 is 1.72 bits per heavy atom. The molecule has 3 heterocycles. The van der Waals surface area contributed by atoms with Gasteiger partial charge >= 0.3 is 0 Å². The average molecular weight is 387 g/mol. The van der Waals surface area contributed by atoms with Crippen molar-refractivity contribution in [2.75, 3.05) is 14.2 Å². The van der Waals surface area contributed by atoms with Crippen LogP contribution in [0.2, 0.25) is 0 Å². The van der Waals surface area contributed by atoms with Crippen LogP contribution in [-0.4, -0.2) is 40.9 Å².